The third-order valence-corrected chi connectivity index (χ3v) is 2.53. The Kier molecular flexibility index (Phi) is 4.89. The summed E-state index contributed by atoms with van der Waals surface area (Å²) in [4.78, 5) is 10.5. The number of allylic oxidation sites excluding steroid dienone is 1. The van der Waals surface area contributed by atoms with E-state index < -0.39 is 40.4 Å². The standard InChI is InChI=1S/C11H7BrF4O2/c12-4-2-1-3-5-7(13)9(15)6(11(17)18)10(16)8(5)14/h1,3H,2,4H2,(H,17,18). The Morgan fingerprint density at radius 3 is 2.00 bits per heavy atom. The zero-order valence-electron chi connectivity index (χ0n) is 8.81. The summed E-state index contributed by atoms with van der Waals surface area (Å²) in [6, 6.07) is 0. The Morgan fingerprint density at radius 2 is 1.61 bits per heavy atom. The zero-order valence-corrected chi connectivity index (χ0v) is 10.4. The molecule has 2 nitrogen and oxygen atoms in total. The number of aromatic carboxylic acids is 1. The highest BCUT2D eigenvalue weighted by molar-refractivity contribution is 9.09. The average Bonchev–Trinajstić information content (AvgIpc) is 2.31. The summed E-state index contributed by atoms with van der Waals surface area (Å²) in [5, 5.41) is 8.97. The van der Waals surface area contributed by atoms with E-state index in [1.807, 2.05) is 0 Å². The first-order valence-corrected chi connectivity index (χ1v) is 5.85. The number of alkyl halides is 1. The second kappa shape index (κ2) is 5.99. The van der Waals surface area contributed by atoms with Crippen LogP contribution in [-0.2, 0) is 0 Å². The number of halogens is 5. The van der Waals surface area contributed by atoms with Crippen LogP contribution in [0, 0.1) is 23.3 Å². The number of benzene rings is 1. The summed E-state index contributed by atoms with van der Waals surface area (Å²) >= 11 is 3.05. The first kappa shape index (κ1) is 14.7. The van der Waals surface area contributed by atoms with Crippen LogP contribution in [0.3, 0.4) is 0 Å². The lowest BCUT2D eigenvalue weighted by Gasteiger charge is -2.06. The molecule has 1 aromatic carbocycles. The third kappa shape index (κ3) is 2.72. The summed E-state index contributed by atoms with van der Waals surface area (Å²) in [6.07, 6.45) is 2.56. The van der Waals surface area contributed by atoms with Gasteiger partial charge in [-0.1, -0.05) is 28.1 Å². The Balaban J connectivity index is 3.44. The summed E-state index contributed by atoms with van der Waals surface area (Å²) in [5.74, 6) is -9.35. The van der Waals surface area contributed by atoms with Gasteiger partial charge >= 0.3 is 5.97 Å². The number of carboxylic acids is 1. The van der Waals surface area contributed by atoms with Crippen molar-refractivity contribution in [3.8, 4) is 0 Å². The smallest absolute Gasteiger partial charge is 0.341 e. The lowest BCUT2D eigenvalue weighted by Crippen LogP contribution is -2.11. The fraction of sp³-hybridized carbons (Fsp3) is 0.182. The van der Waals surface area contributed by atoms with Gasteiger partial charge in [0.25, 0.3) is 0 Å². The topological polar surface area (TPSA) is 37.3 Å². The number of hydrogen-bond acceptors (Lipinski definition) is 1. The molecule has 0 unspecified atom stereocenters. The fourth-order valence-corrected chi connectivity index (χ4v) is 1.51. The maximum Gasteiger partial charge on any atom is 0.341 e. The number of rotatable bonds is 4. The Hall–Kier alpha value is -1.37. The second-order valence-corrected chi connectivity index (χ2v) is 4.02. The highest BCUT2D eigenvalue weighted by Crippen LogP contribution is 2.25. The monoisotopic (exact) mass is 326 g/mol. The molecule has 0 amide bonds. The van der Waals surface area contributed by atoms with Gasteiger partial charge < -0.3 is 5.11 Å². The van der Waals surface area contributed by atoms with E-state index in [2.05, 4.69) is 15.9 Å². The first-order valence-electron chi connectivity index (χ1n) is 4.73. The van der Waals surface area contributed by atoms with Gasteiger partial charge in [-0.3, -0.25) is 0 Å². The Labute approximate surface area is 108 Å². The van der Waals surface area contributed by atoms with Gasteiger partial charge in [-0.25, -0.2) is 22.4 Å². The van der Waals surface area contributed by atoms with Gasteiger partial charge in [0.15, 0.2) is 23.3 Å². The van der Waals surface area contributed by atoms with Gasteiger partial charge in [-0.2, -0.15) is 0 Å². The van der Waals surface area contributed by atoms with Crippen molar-refractivity contribution in [2.75, 3.05) is 5.33 Å². The van der Waals surface area contributed by atoms with Crippen LogP contribution in [0.1, 0.15) is 22.3 Å². The molecule has 0 saturated carbocycles. The molecular weight excluding hydrogens is 320 g/mol. The normalized spacial score (nSPS) is 11.2. The lowest BCUT2D eigenvalue weighted by atomic mass is 10.1. The molecule has 0 aliphatic carbocycles. The Morgan fingerprint density at radius 1 is 1.11 bits per heavy atom. The molecule has 1 N–H and O–H groups in total. The van der Waals surface area contributed by atoms with Crippen LogP contribution in [0.25, 0.3) is 6.08 Å². The maximum atomic E-state index is 13.4. The molecule has 98 valence electrons. The van der Waals surface area contributed by atoms with Crippen LogP contribution in [0.4, 0.5) is 17.6 Å². The quantitative estimate of drug-likeness (QED) is 0.520. The van der Waals surface area contributed by atoms with Crippen molar-refractivity contribution in [1.29, 1.82) is 0 Å². The van der Waals surface area contributed by atoms with E-state index in [4.69, 9.17) is 5.11 Å². The molecule has 0 aromatic heterocycles. The summed E-state index contributed by atoms with van der Waals surface area (Å²) in [7, 11) is 0. The molecule has 7 heteroatoms. The largest absolute Gasteiger partial charge is 0.477 e. The van der Waals surface area contributed by atoms with Crippen LogP contribution in [0.2, 0.25) is 0 Å². The van der Waals surface area contributed by atoms with Crippen molar-refractivity contribution in [3.05, 3.63) is 40.5 Å². The molecule has 1 rings (SSSR count). The van der Waals surface area contributed by atoms with E-state index in [0.29, 0.717) is 11.8 Å². The third-order valence-electron chi connectivity index (χ3n) is 2.07. The van der Waals surface area contributed by atoms with E-state index in [1.54, 1.807) is 0 Å². The SMILES string of the molecule is O=C(O)c1c(F)c(F)c(C=CCCBr)c(F)c1F. The highest BCUT2D eigenvalue weighted by atomic mass is 79.9. The molecule has 0 aliphatic heterocycles. The number of carbonyl (C=O) groups is 1. The number of carboxylic acid groups (broad SMARTS) is 1. The van der Waals surface area contributed by atoms with E-state index >= 15 is 0 Å². The van der Waals surface area contributed by atoms with Gasteiger partial charge in [0, 0.05) is 5.33 Å². The van der Waals surface area contributed by atoms with E-state index in [-0.39, 0.29) is 0 Å². The lowest BCUT2D eigenvalue weighted by molar-refractivity contribution is 0.0683. The van der Waals surface area contributed by atoms with Gasteiger partial charge in [0.05, 0.1) is 5.56 Å². The van der Waals surface area contributed by atoms with Gasteiger partial charge in [-0.15, -0.1) is 0 Å². The zero-order chi connectivity index (χ0) is 13.9. The summed E-state index contributed by atoms with van der Waals surface area (Å²) < 4.78 is 53.3. The molecule has 0 radical (unpaired) electrons. The van der Waals surface area contributed by atoms with Crippen LogP contribution < -0.4 is 0 Å². The van der Waals surface area contributed by atoms with Crippen molar-refractivity contribution >= 4 is 28.0 Å². The molecule has 0 atom stereocenters. The minimum Gasteiger partial charge on any atom is -0.477 e. The van der Waals surface area contributed by atoms with Crippen LogP contribution in [0.15, 0.2) is 6.08 Å². The van der Waals surface area contributed by atoms with Crippen molar-refractivity contribution in [2.24, 2.45) is 0 Å². The molecule has 18 heavy (non-hydrogen) atoms. The predicted molar refractivity (Wildman–Crippen MR) is 60.7 cm³/mol. The molecule has 0 aliphatic rings. The fourth-order valence-electron chi connectivity index (χ4n) is 1.25. The minimum absolute atomic E-state index is 0.392. The van der Waals surface area contributed by atoms with Crippen LogP contribution in [-0.4, -0.2) is 16.4 Å². The number of hydrogen-bond donors (Lipinski definition) is 1. The van der Waals surface area contributed by atoms with Crippen LogP contribution >= 0.6 is 15.9 Å². The molecule has 0 spiro atoms. The van der Waals surface area contributed by atoms with Crippen molar-refractivity contribution < 1.29 is 27.5 Å². The van der Waals surface area contributed by atoms with Crippen molar-refractivity contribution in [3.63, 3.8) is 0 Å². The average molecular weight is 327 g/mol. The maximum absolute atomic E-state index is 13.4. The van der Waals surface area contributed by atoms with Gasteiger partial charge in [-0.05, 0) is 6.42 Å². The molecule has 1 aromatic rings. The molecule has 0 heterocycles. The van der Waals surface area contributed by atoms with Gasteiger partial charge in [0.2, 0.25) is 0 Å². The molecule has 0 saturated heterocycles. The summed E-state index contributed by atoms with van der Waals surface area (Å²) in [5.41, 5.74) is -2.57. The summed E-state index contributed by atoms with van der Waals surface area (Å²) in [6.45, 7) is 0. The van der Waals surface area contributed by atoms with Gasteiger partial charge in [0.1, 0.15) is 5.56 Å². The van der Waals surface area contributed by atoms with E-state index in [0.717, 1.165) is 6.08 Å². The predicted octanol–water partition coefficient (Wildman–Crippen LogP) is 3.74. The van der Waals surface area contributed by atoms with Crippen molar-refractivity contribution in [1.82, 2.24) is 0 Å². The van der Waals surface area contributed by atoms with Crippen molar-refractivity contribution in [2.45, 2.75) is 6.42 Å². The van der Waals surface area contributed by atoms with E-state index in [1.165, 1.54) is 6.08 Å². The first-order chi connectivity index (χ1) is 8.41. The Bertz CT molecular complexity index is 485. The second-order valence-electron chi connectivity index (χ2n) is 3.23. The highest BCUT2D eigenvalue weighted by Gasteiger charge is 2.27. The minimum atomic E-state index is -2.07. The van der Waals surface area contributed by atoms with Crippen LogP contribution in [0.5, 0.6) is 0 Å². The molecule has 0 bridgehead atoms. The van der Waals surface area contributed by atoms with E-state index in [9.17, 15) is 22.4 Å². The molecular formula is C11H7BrF4O2. The molecule has 0 fully saturated rings.